The van der Waals surface area contributed by atoms with E-state index in [-0.39, 0.29) is 5.75 Å². The van der Waals surface area contributed by atoms with Gasteiger partial charge in [-0.25, -0.2) is 14.6 Å². The van der Waals surface area contributed by atoms with Gasteiger partial charge in [0.25, 0.3) is 0 Å². The Morgan fingerprint density at radius 3 is 2.62 bits per heavy atom. The maximum absolute atomic E-state index is 9.57. The molecule has 4 rings (SSSR count). The Morgan fingerprint density at radius 1 is 1.00 bits per heavy atom. The van der Waals surface area contributed by atoms with Gasteiger partial charge < -0.3 is 10.8 Å². The molecule has 0 spiro atoms. The maximum atomic E-state index is 9.57. The van der Waals surface area contributed by atoms with Gasteiger partial charge in [-0.05, 0) is 29.8 Å². The second-order valence-corrected chi connectivity index (χ2v) is 5.51. The number of hydrogen-bond acceptors (Lipinski definition) is 5. The van der Waals surface area contributed by atoms with Crippen molar-refractivity contribution in [2.24, 2.45) is 0 Å². The van der Waals surface area contributed by atoms with Crippen molar-refractivity contribution < 1.29 is 5.11 Å². The Kier molecular flexibility index (Phi) is 3.35. The average Bonchev–Trinajstić information content (AvgIpc) is 3.00. The Hall–Kier alpha value is -3.41. The van der Waals surface area contributed by atoms with E-state index in [1.54, 1.807) is 22.9 Å². The molecule has 0 saturated heterocycles. The average molecular weight is 317 g/mol. The first-order valence-electron chi connectivity index (χ1n) is 7.54. The van der Waals surface area contributed by atoms with Crippen molar-refractivity contribution >= 4 is 16.9 Å². The SMILES string of the molecule is Nc1nc(Cc2cccc(O)c2)nc2cn(-c3ccccc3)nc12. The van der Waals surface area contributed by atoms with Crippen LogP contribution in [0, 0.1) is 0 Å². The summed E-state index contributed by atoms with van der Waals surface area (Å²) in [6.45, 7) is 0. The van der Waals surface area contributed by atoms with Crippen LogP contribution in [0.5, 0.6) is 5.75 Å². The van der Waals surface area contributed by atoms with Gasteiger partial charge in [0.1, 0.15) is 17.1 Å². The molecule has 0 bridgehead atoms. The molecule has 24 heavy (non-hydrogen) atoms. The molecule has 0 fully saturated rings. The quantitative estimate of drug-likeness (QED) is 0.606. The number of rotatable bonds is 3. The zero-order valence-corrected chi connectivity index (χ0v) is 12.8. The minimum Gasteiger partial charge on any atom is -0.508 e. The second-order valence-electron chi connectivity index (χ2n) is 5.51. The van der Waals surface area contributed by atoms with Crippen LogP contribution in [0.1, 0.15) is 11.4 Å². The van der Waals surface area contributed by atoms with Gasteiger partial charge in [0, 0.05) is 6.42 Å². The summed E-state index contributed by atoms with van der Waals surface area (Å²) in [7, 11) is 0. The first-order chi connectivity index (χ1) is 11.7. The molecule has 0 saturated carbocycles. The molecule has 0 aliphatic carbocycles. The highest BCUT2D eigenvalue weighted by Gasteiger charge is 2.11. The van der Waals surface area contributed by atoms with E-state index in [0.717, 1.165) is 11.3 Å². The zero-order chi connectivity index (χ0) is 16.5. The van der Waals surface area contributed by atoms with Crippen LogP contribution >= 0.6 is 0 Å². The summed E-state index contributed by atoms with van der Waals surface area (Å²) in [5.74, 6) is 1.17. The van der Waals surface area contributed by atoms with Crippen LogP contribution in [-0.4, -0.2) is 24.9 Å². The van der Waals surface area contributed by atoms with E-state index in [4.69, 9.17) is 5.73 Å². The summed E-state index contributed by atoms with van der Waals surface area (Å²) in [6.07, 6.45) is 2.33. The number of aromatic nitrogens is 4. The molecular formula is C18H15N5O. The number of nitrogens with zero attached hydrogens (tertiary/aromatic N) is 4. The van der Waals surface area contributed by atoms with E-state index in [0.29, 0.717) is 29.1 Å². The molecule has 118 valence electrons. The van der Waals surface area contributed by atoms with Crippen molar-refractivity contribution in [1.29, 1.82) is 0 Å². The number of nitrogen functional groups attached to an aromatic ring is 1. The lowest BCUT2D eigenvalue weighted by molar-refractivity contribution is 0.474. The second kappa shape index (κ2) is 5.66. The molecule has 0 amide bonds. The molecule has 3 N–H and O–H groups in total. The van der Waals surface area contributed by atoms with Crippen molar-refractivity contribution in [1.82, 2.24) is 19.7 Å². The highest BCUT2D eigenvalue weighted by atomic mass is 16.3. The predicted octanol–water partition coefficient (Wildman–Crippen LogP) is 2.69. The third-order valence-electron chi connectivity index (χ3n) is 3.73. The van der Waals surface area contributed by atoms with Crippen molar-refractivity contribution in [3.8, 4) is 11.4 Å². The standard InChI is InChI=1S/C18H15N5O/c19-18-17-15(11-23(22-17)13-6-2-1-3-7-13)20-16(21-18)10-12-5-4-8-14(24)9-12/h1-9,11,24H,10H2,(H2,19,20,21). The normalized spacial score (nSPS) is 11.0. The largest absolute Gasteiger partial charge is 0.508 e. The Labute approximate surface area is 138 Å². The summed E-state index contributed by atoms with van der Waals surface area (Å²) >= 11 is 0. The number of para-hydroxylation sites is 1. The Balaban J connectivity index is 1.74. The lowest BCUT2D eigenvalue weighted by Gasteiger charge is -2.02. The van der Waals surface area contributed by atoms with Gasteiger partial charge in [0.05, 0.1) is 11.9 Å². The lowest BCUT2D eigenvalue weighted by atomic mass is 10.1. The number of anilines is 1. The summed E-state index contributed by atoms with van der Waals surface area (Å²) in [5.41, 5.74) is 9.19. The fourth-order valence-corrected chi connectivity index (χ4v) is 2.63. The number of fused-ring (bicyclic) bond motifs is 1. The van der Waals surface area contributed by atoms with Gasteiger partial charge in [0.2, 0.25) is 0 Å². The molecule has 0 unspecified atom stereocenters. The lowest BCUT2D eigenvalue weighted by Crippen LogP contribution is -2.01. The Bertz CT molecular complexity index is 1010. The number of benzene rings is 2. The van der Waals surface area contributed by atoms with Crippen molar-refractivity contribution in [2.45, 2.75) is 6.42 Å². The highest BCUT2D eigenvalue weighted by Crippen LogP contribution is 2.20. The third-order valence-corrected chi connectivity index (χ3v) is 3.73. The summed E-state index contributed by atoms with van der Waals surface area (Å²) in [4.78, 5) is 8.89. The number of nitrogens with two attached hydrogens (primary N) is 1. The minimum absolute atomic E-state index is 0.221. The van der Waals surface area contributed by atoms with E-state index in [2.05, 4.69) is 15.1 Å². The van der Waals surface area contributed by atoms with E-state index in [1.807, 2.05) is 42.6 Å². The van der Waals surface area contributed by atoms with Crippen LogP contribution in [0.25, 0.3) is 16.7 Å². The number of hydrogen-bond donors (Lipinski definition) is 2. The molecule has 0 aliphatic rings. The molecule has 0 aliphatic heterocycles. The molecule has 2 aromatic carbocycles. The first kappa shape index (κ1) is 14.2. The molecule has 0 atom stereocenters. The van der Waals surface area contributed by atoms with Gasteiger partial charge in [-0.2, -0.15) is 5.10 Å². The van der Waals surface area contributed by atoms with Crippen LogP contribution in [0.2, 0.25) is 0 Å². The van der Waals surface area contributed by atoms with Crippen LogP contribution in [0.15, 0.2) is 60.8 Å². The Morgan fingerprint density at radius 2 is 1.83 bits per heavy atom. The molecular weight excluding hydrogens is 302 g/mol. The third kappa shape index (κ3) is 2.65. The molecule has 6 nitrogen and oxygen atoms in total. The van der Waals surface area contributed by atoms with Crippen LogP contribution in [0.3, 0.4) is 0 Å². The number of phenols is 1. The van der Waals surface area contributed by atoms with E-state index in [1.165, 1.54) is 0 Å². The smallest absolute Gasteiger partial charge is 0.155 e. The summed E-state index contributed by atoms with van der Waals surface area (Å²) in [5, 5.41) is 14.0. The zero-order valence-electron chi connectivity index (χ0n) is 12.8. The fourth-order valence-electron chi connectivity index (χ4n) is 2.63. The molecule has 6 heteroatoms. The van der Waals surface area contributed by atoms with E-state index >= 15 is 0 Å². The monoisotopic (exact) mass is 317 g/mol. The molecule has 2 aromatic heterocycles. The first-order valence-corrected chi connectivity index (χ1v) is 7.54. The summed E-state index contributed by atoms with van der Waals surface area (Å²) in [6, 6.07) is 16.8. The van der Waals surface area contributed by atoms with Gasteiger partial charge in [0.15, 0.2) is 11.3 Å². The van der Waals surface area contributed by atoms with Gasteiger partial charge >= 0.3 is 0 Å². The minimum atomic E-state index is 0.221. The van der Waals surface area contributed by atoms with Crippen molar-refractivity contribution in [3.63, 3.8) is 0 Å². The van der Waals surface area contributed by atoms with E-state index in [9.17, 15) is 5.11 Å². The fraction of sp³-hybridized carbons (Fsp3) is 0.0556. The molecule has 4 aromatic rings. The summed E-state index contributed by atoms with van der Waals surface area (Å²) < 4.78 is 1.74. The maximum Gasteiger partial charge on any atom is 0.155 e. The van der Waals surface area contributed by atoms with Crippen LogP contribution in [-0.2, 0) is 6.42 Å². The van der Waals surface area contributed by atoms with Gasteiger partial charge in [-0.3, -0.25) is 0 Å². The number of aromatic hydroxyl groups is 1. The van der Waals surface area contributed by atoms with E-state index < -0.39 is 0 Å². The van der Waals surface area contributed by atoms with Crippen LogP contribution in [0.4, 0.5) is 5.82 Å². The highest BCUT2D eigenvalue weighted by molar-refractivity contribution is 5.83. The van der Waals surface area contributed by atoms with Gasteiger partial charge in [-0.15, -0.1) is 0 Å². The van der Waals surface area contributed by atoms with Crippen molar-refractivity contribution in [3.05, 3.63) is 72.2 Å². The molecule has 2 heterocycles. The topological polar surface area (TPSA) is 89.9 Å². The predicted molar refractivity (Wildman–Crippen MR) is 92.0 cm³/mol. The van der Waals surface area contributed by atoms with Crippen LogP contribution < -0.4 is 5.73 Å². The number of phenolic OH excluding ortho intramolecular Hbond substituents is 1. The van der Waals surface area contributed by atoms with Crippen molar-refractivity contribution in [2.75, 3.05) is 5.73 Å². The molecule has 0 radical (unpaired) electrons. The van der Waals surface area contributed by atoms with Gasteiger partial charge in [-0.1, -0.05) is 30.3 Å².